The average Bonchev–Trinajstić information content (AvgIpc) is 2.90. The van der Waals surface area contributed by atoms with E-state index in [2.05, 4.69) is 37.4 Å². The average molecular weight is 475 g/mol. The first-order valence-corrected chi connectivity index (χ1v) is 12.1. The summed E-state index contributed by atoms with van der Waals surface area (Å²) in [4.78, 5) is 18.5. The van der Waals surface area contributed by atoms with E-state index < -0.39 is 5.82 Å². The fraction of sp³-hybridized carbons (Fsp3) is 0.125. The van der Waals surface area contributed by atoms with Crippen LogP contribution in [0.3, 0.4) is 0 Å². The number of hydrogen-bond acceptors (Lipinski definition) is 2. The number of hydrogen-bond donors (Lipinski definition) is 1. The number of fused-ring (bicyclic) bond motifs is 1. The zero-order chi connectivity index (χ0) is 25.1. The topological polar surface area (TPSA) is 42.0 Å². The summed E-state index contributed by atoms with van der Waals surface area (Å²) < 4.78 is 14.3. The lowest BCUT2D eigenvalue weighted by atomic mass is 9.97. The van der Waals surface area contributed by atoms with E-state index in [4.69, 9.17) is 4.98 Å². The van der Waals surface area contributed by atoms with E-state index >= 15 is 0 Å². The number of benzene rings is 4. The van der Waals surface area contributed by atoms with Crippen LogP contribution in [0.1, 0.15) is 38.7 Å². The molecule has 36 heavy (non-hydrogen) atoms. The maximum absolute atomic E-state index is 14.3. The van der Waals surface area contributed by atoms with E-state index in [1.807, 2.05) is 60.7 Å². The van der Waals surface area contributed by atoms with Gasteiger partial charge in [-0.1, -0.05) is 72.8 Å². The minimum absolute atomic E-state index is 0.247. The van der Waals surface area contributed by atoms with Crippen molar-refractivity contribution < 1.29 is 9.18 Å². The van der Waals surface area contributed by atoms with Crippen molar-refractivity contribution >= 4 is 16.8 Å². The Kier molecular flexibility index (Phi) is 6.59. The van der Waals surface area contributed by atoms with Crippen LogP contribution in [0.2, 0.25) is 0 Å². The molecule has 4 aromatic carbocycles. The third kappa shape index (κ3) is 5.03. The molecule has 1 N–H and O–H groups in total. The number of amides is 1. The van der Waals surface area contributed by atoms with Crippen molar-refractivity contribution in [3.8, 4) is 11.3 Å². The molecular formula is C32H27FN2O. The highest BCUT2D eigenvalue weighted by molar-refractivity contribution is 6.07. The lowest BCUT2D eigenvalue weighted by Gasteiger charge is -2.20. The maximum atomic E-state index is 14.3. The van der Waals surface area contributed by atoms with Crippen molar-refractivity contribution in [2.45, 2.75) is 26.3 Å². The number of aryl methyl sites for hydroxylation is 2. The van der Waals surface area contributed by atoms with Gasteiger partial charge in [0.1, 0.15) is 5.82 Å². The van der Waals surface area contributed by atoms with Crippen molar-refractivity contribution in [3.05, 3.63) is 137 Å². The highest BCUT2D eigenvalue weighted by Gasteiger charge is 2.20. The number of pyridine rings is 1. The van der Waals surface area contributed by atoms with Gasteiger partial charge in [-0.25, -0.2) is 9.37 Å². The molecule has 1 amide bonds. The molecule has 4 heteroatoms. The Morgan fingerprint density at radius 2 is 1.56 bits per heavy atom. The summed E-state index contributed by atoms with van der Waals surface area (Å²) in [7, 11) is 0. The summed E-state index contributed by atoms with van der Waals surface area (Å²) in [6.07, 6.45) is 0.637. The summed E-state index contributed by atoms with van der Waals surface area (Å²) in [6, 6.07) is 32.0. The van der Waals surface area contributed by atoms with Gasteiger partial charge in [-0.15, -0.1) is 0 Å². The Balaban J connectivity index is 1.57. The Labute approximate surface area is 210 Å². The molecule has 1 atom stereocenters. The number of rotatable bonds is 6. The second-order valence-corrected chi connectivity index (χ2v) is 9.14. The largest absolute Gasteiger partial charge is 0.345 e. The van der Waals surface area contributed by atoms with Crippen LogP contribution in [0, 0.1) is 19.7 Å². The zero-order valence-electron chi connectivity index (χ0n) is 20.3. The number of nitrogens with zero attached hydrogens (tertiary/aromatic N) is 1. The van der Waals surface area contributed by atoms with Crippen molar-refractivity contribution in [1.82, 2.24) is 10.3 Å². The molecule has 0 saturated heterocycles. The lowest BCUT2D eigenvalue weighted by Crippen LogP contribution is -2.30. The fourth-order valence-electron chi connectivity index (χ4n) is 4.46. The molecule has 1 aromatic heterocycles. The zero-order valence-corrected chi connectivity index (χ0v) is 20.3. The van der Waals surface area contributed by atoms with Gasteiger partial charge in [0.15, 0.2) is 0 Å². The molecule has 1 heterocycles. The molecule has 0 radical (unpaired) electrons. The van der Waals surface area contributed by atoms with Crippen LogP contribution in [0.25, 0.3) is 22.2 Å². The Hall–Kier alpha value is -4.31. The van der Waals surface area contributed by atoms with Gasteiger partial charge in [0.25, 0.3) is 5.91 Å². The first-order valence-electron chi connectivity index (χ1n) is 12.1. The standard InChI is InChI=1S/C32H27FN2O/c1-21-13-14-25(17-22(21)2)31-20-28(27-19-26(33)15-16-29(27)34-31)32(36)35-30(24-11-7-4-8-12-24)18-23-9-5-3-6-10-23/h3-17,19-20,30H,18H2,1-2H3,(H,35,36). The normalized spacial score (nSPS) is 11.9. The smallest absolute Gasteiger partial charge is 0.252 e. The second kappa shape index (κ2) is 10.1. The molecule has 0 spiro atoms. The van der Waals surface area contributed by atoms with Gasteiger partial charge in [-0.2, -0.15) is 0 Å². The minimum Gasteiger partial charge on any atom is -0.345 e. The van der Waals surface area contributed by atoms with E-state index in [-0.39, 0.29) is 11.9 Å². The van der Waals surface area contributed by atoms with E-state index in [0.29, 0.717) is 28.6 Å². The monoisotopic (exact) mass is 474 g/mol. The Morgan fingerprint density at radius 3 is 2.28 bits per heavy atom. The van der Waals surface area contributed by atoms with Crippen LogP contribution in [-0.2, 0) is 6.42 Å². The van der Waals surface area contributed by atoms with E-state index in [9.17, 15) is 9.18 Å². The SMILES string of the molecule is Cc1ccc(-c2cc(C(=O)NC(Cc3ccccc3)c3ccccc3)c3cc(F)ccc3n2)cc1C. The highest BCUT2D eigenvalue weighted by Crippen LogP contribution is 2.28. The molecule has 0 aliphatic heterocycles. The minimum atomic E-state index is -0.402. The molecule has 5 rings (SSSR count). The van der Waals surface area contributed by atoms with Crippen LogP contribution in [-0.4, -0.2) is 10.9 Å². The molecule has 0 bridgehead atoms. The van der Waals surface area contributed by atoms with Crippen LogP contribution >= 0.6 is 0 Å². The van der Waals surface area contributed by atoms with Gasteiger partial charge in [-0.05, 0) is 72.9 Å². The van der Waals surface area contributed by atoms with Gasteiger partial charge in [0.2, 0.25) is 0 Å². The van der Waals surface area contributed by atoms with Crippen molar-refractivity contribution in [3.63, 3.8) is 0 Å². The van der Waals surface area contributed by atoms with Crippen molar-refractivity contribution in [2.75, 3.05) is 0 Å². The summed E-state index contributed by atoms with van der Waals surface area (Å²) >= 11 is 0. The van der Waals surface area contributed by atoms with Crippen LogP contribution in [0.4, 0.5) is 4.39 Å². The number of carbonyl (C=O) groups is 1. The third-order valence-corrected chi connectivity index (χ3v) is 6.61. The predicted octanol–water partition coefficient (Wildman–Crippen LogP) is 7.37. The number of halogens is 1. The summed E-state index contributed by atoms with van der Waals surface area (Å²) in [6.45, 7) is 4.11. The molecule has 3 nitrogen and oxygen atoms in total. The molecular weight excluding hydrogens is 447 g/mol. The maximum Gasteiger partial charge on any atom is 0.252 e. The number of carbonyl (C=O) groups excluding carboxylic acids is 1. The lowest BCUT2D eigenvalue weighted by molar-refractivity contribution is 0.0938. The summed E-state index contributed by atoms with van der Waals surface area (Å²) in [5.74, 6) is -0.663. The first kappa shape index (κ1) is 23.4. The quantitative estimate of drug-likeness (QED) is 0.279. The van der Waals surface area contributed by atoms with Gasteiger partial charge in [-0.3, -0.25) is 4.79 Å². The van der Waals surface area contributed by atoms with E-state index in [1.165, 1.54) is 17.7 Å². The van der Waals surface area contributed by atoms with Gasteiger partial charge >= 0.3 is 0 Å². The van der Waals surface area contributed by atoms with Crippen molar-refractivity contribution in [1.29, 1.82) is 0 Å². The van der Waals surface area contributed by atoms with Gasteiger partial charge in [0, 0.05) is 10.9 Å². The molecule has 0 aliphatic rings. The fourth-order valence-corrected chi connectivity index (χ4v) is 4.46. The second-order valence-electron chi connectivity index (χ2n) is 9.14. The summed E-state index contributed by atoms with van der Waals surface area (Å²) in [5.41, 5.74) is 7.04. The van der Waals surface area contributed by atoms with E-state index in [0.717, 1.165) is 22.3 Å². The van der Waals surface area contributed by atoms with Crippen LogP contribution < -0.4 is 5.32 Å². The number of nitrogens with one attached hydrogen (secondary N) is 1. The first-order chi connectivity index (χ1) is 17.5. The third-order valence-electron chi connectivity index (χ3n) is 6.61. The molecule has 1 unspecified atom stereocenters. The Morgan fingerprint density at radius 1 is 0.833 bits per heavy atom. The molecule has 0 fully saturated rings. The van der Waals surface area contributed by atoms with E-state index in [1.54, 1.807) is 12.1 Å². The highest BCUT2D eigenvalue weighted by atomic mass is 19.1. The number of aromatic nitrogens is 1. The molecule has 0 saturated carbocycles. The van der Waals surface area contributed by atoms with Crippen LogP contribution in [0.15, 0.2) is 103 Å². The summed E-state index contributed by atoms with van der Waals surface area (Å²) in [5, 5.41) is 3.71. The molecule has 5 aromatic rings. The Bertz CT molecular complexity index is 1530. The van der Waals surface area contributed by atoms with Crippen LogP contribution in [0.5, 0.6) is 0 Å². The molecule has 0 aliphatic carbocycles. The van der Waals surface area contributed by atoms with Crippen molar-refractivity contribution in [2.24, 2.45) is 0 Å². The van der Waals surface area contributed by atoms with Gasteiger partial charge < -0.3 is 5.32 Å². The molecule has 178 valence electrons. The van der Waals surface area contributed by atoms with Gasteiger partial charge in [0.05, 0.1) is 22.8 Å². The predicted molar refractivity (Wildman–Crippen MR) is 143 cm³/mol.